The maximum atomic E-state index is 5.87. The maximum absolute atomic E-state index is 5.87. The summed E-state index contributed by atoms with van der Waals surface area (Å²) in [6.45, 7) is 0. The Morgan fingerprint density at radius 1 is 1.45 bits per heavy atom. The number of hydrogen-bond acceptors (Lipinski definition) is 1. The molecule has 2 rings (SSSR count). The fourth-order valence-corrected chi connectivity index (χ4v) is 1.50. The molecule has 1 saturated carbocycles. The molecule has 0 bridgehead atoms. The van der Waals surface area contributed by atoms with E-state index in [0.717, 1.165) is 9.26 Å². The summed E-state index contributed by atoms with van der Waals surface area (Å²) in [5.41, 5.74) is 1.16. The molecule has 1 heterocycles. The molecule has 0 radical (unpaired) electrons. The zero-order valence-electron chi connectivity index (χ0n) is 5.85. The molecule has 1 aliphatic carbocycles. The van der Waals surface area contributed by atoms with Gasteiger partial charge in [0.25, 0.3) is 0 Å². The van der Waals surface area contributed by atoms with E-state index in [0.29, 0.717) is 11.1 Å². The van der Waals surface area contributed by atoms with Crippen molar-refractivity contribution in [3.05, 3.63) is 26.5 Å². The van der Waals surface area contributed by atoms with E-state index in [1.54, 1.807) is 0 Å². The molecule has 1 aromatic heterocycles. The summed E-state index contributed by atoms with van der Waals surface area (Å²) in [6, 6.07) is 4.11. The van der Waals surface area contributed by atoms with Crippen molar-refractivity contribution in [1.82, 2.24) is 4.98 Å². The van der Waals surface area contributed by atoms with Crippen LogP contribution in [0.3, 0.4) is 0 Å². The molecular weight excluding hydrogens is 272 g/mol. The predicted molar refractivity (Wildman–Crippen MR) is 53.9 cm³/mol. The topological polar surface area (TPSA) is 12.9 Å². The Kier molecular flexibility index (Phi) is 2.06. The summed E-state index contributed by atoms with van der Waals surface area (Å²) in [5.74, 6) is 0.699. The van der Waals surface area contributed by atoms with Crippen LogP contribution in [0.5, 0.6) is 0 Å². The Balaban J connectivity index is 2.36. The third-order valence-corrected chi connectivity index (χ3v) is 3.30. The zero-order valence-corrected chi connectivity index (χ0v) is 8.76. The molecular formula is C8H7ClIN. The lowest BCUT2D eigenvalue weighted by Crippen LogP contribution is -1.87. The monoisotopic (exact) mass is 279 g/mol. The molecule has 0 aromatic carbocycles. The second-order valence-electron chi connectivity index (χ2n) is 2.78. The Hall–Kier alpha value is 0.170. The lowest BCUT2D eigenvalue weighted by Gasteiger charge is -1.98. The predicted octanol–water partition coefficient (Wildman–Crippen LogP) is 3.22. The van der Waals surface area contributed by atoms with Gasteiger partial charge in [0.05, 0.1) is 3.57 Å². The second kappa shape index (κ2) is 2.90. The van der Waals surface area contributed by atoms with Gasteiger partial charge in [-0.15, -0.1) is 0 Å². The smallest absolute Gasteiger partial charge is 0.142 e. The number of nitrogens with zero attached hydrogens (tertiary/aromatic N) is 1. The normalized spacial score (nSPS) is 16.9. The summed E-state index contributed by atoms with van der Waals surface area (Å²) >= 11 is 8.06. The molecule has 3 heteroatoms. The van der Waals surface area contributed by atoms with Crippen molar-refractivity contribution in [1.29, 1.82) is 0 Å². The van der Waals surface area contributed by atoms with Gasteiger partial charge in [0.2, 0.25) is 0 Å². The van der Waals surface area contributed by atoms with Crippen LogP contribution in [0.15, 0.2) is 12.1 Å². The van der Waals surface area contributed by atoms with Gasteiger partial charge >= 0.3 is 0 Å². The van der Waals surface area contributed by atoms with Crippen LogP contribution >= 0.6 is 34.2 Å². The van der Waals surface area contributed by atoms with Crippen molar-refractivity contribution in [3.63, 3.8) is 0 Å². The van der Waals surface area contributed by atoms with Gasteiger partial charge in [-0.25, -0.2) is 4.98 Å². The fourth-order valence-electron chi connectivity index (χ4n) is 1.04. The quantitative estimate of drug-likeness (QED) is 0.568. The summed E-state index contributed by atoms with van der Waals surface area (Å²) in [4.78, 5) is 4.29. The highest BCUT2D eigenvalue weighted by Crippen LogP contribution is 2.39. The van der Waals surface area contributed by atoms with Crippen LogP contribution in [0, 0.1) is 3.57 Å². The van der Waals surface area contributed by atoms with Crippen molar-refractivity contribution in [3.8, 4) is 0 Å². The minimum atomic E-state index is 0.648. The van der Waals surface area contributed by atoms with Crippen LogP contribution < -0.4 is 0 Å². The minimum absolute atomic E-state index is 0.648. The molecule has 1 fully saturated rings. The van der Waals surface area contributed by atoms with Gasteiger partial charge in [0, 0.05) is 11.6 Å². The largest absolute Gasteiger partial charge is 0.240 e. The van der Waals surface area contributed by atoms with Gasteiger partial charge in [-0.3, -0.25) is 0 Å². The molecule has 0 aliphatic heterocycles. The molecule has 0 saturated heterocycles. The Bertz CT molecular complexity index is 283. The van der Waals surface area contributed by atoms with Crippen molar-refractivity contribution in [2.24, 2.45) is 0 Å². The third-order valence-electron chi connectivity index (χ3n) is 1.82. The van der Waals surface area contributed by atoms with Crippen LogP contribution in [0.4, 0.5) is 0 Å². The lowest BCUT2D eigenvalue weighted by atomic mass is 10.2. The molecule has 1 aromatic rings. The number of rotatable bonds is 1. The Morgan fingerprint density at radius 2 is 2.18 bits per heavy atom. The molecule has 1 aliphatic rings. The molecule has 0 N–H and O–H groups in total. The molecule has 1 nitrogen and oxygen atoms in total. The van der Waals surface area contributed by atoms with E-state index in [-0.39, 0.29) is 0 Å². The first-order chi connectivity index (χ1) is 5.27. The van der Waals surface area contributed by atoms with E-state index in [4.69, 9.17) is 11.6 Å². The Morgan fingerprint density at radius 3 is 2.73 bits per heavy atom. The molecule has 0 amide bonds. The summed E-state index contributed by atoms with van der Waals surface area (Å²) in [5, 5.41) is 0.648. The molecule has 0 atom stereocenters. The molecule has 11 heavy (non-hydrogen) atoms. The van der Waals surface area contributed by atoms with Crippen molar-refractivity contribution in [2.45, 2.75) is 18.8 Å². The first kappa shape index (κ1) is 7.80. The van der Waals surface area contributed by atoms with Crippen LogP contribution in [0.25, 0.3) is 0 Å². The van der Waals surface area contributed by atoms with E-state index in [2.05, 4.69) is 33.6 Å². The van der Waals surface area contributed by atoms with Crippen molar-refractivity contribution >= 4 is 34.2 Å². The number of aromatic nitrogens is 1. The SMILES string of the molecule is Clc1nc(C2CC2)ccc1I. The third kappa shape index (κ3) is 1.67. The van der Waals surface area contributed by atoms with Gasteiger partial charge in [0.1, 0.15) is 5.15 Å². The van der Waals surface area contributed by atoms with Gasteiger partial charge in [-0.1, -0.05) is 11.6 Å². The highest BCUT2D eigenvalue weighted by Gasteiger charge is 2.25. The van der Waals surface area contributed by atoms with Crippen LogP contribution in [0.1, 0.15) is 24.5 Å². The fraction of sp³-hybridized carbons (Fsp3) is 0.375. The molecule has 0 unspecified atom stereocenters. The van der Waals surface area contributed by atoms with Crippen LogP contribution in [-0.2, 0) is 0 Å². The van der Waals surface area contributed by atoms with E-state index in [1.165, 1.54) is 12.8 Å². The number of pyridine rings is 1. The standard InChI is InChI=1S/C8H7ClIN/c9-8-6(10)3-4-7(11-8)5-1-2-5/h3-5H,1-2H2. The van der Waals surface area contributed by atoms with E-state index in [9.17, 15) is 0 Å². The second-order valence-corrected chi connectivity index (χ2v) is 4.30. The van der Waals surface area contributed by atoms with Crippen molar-refractivity contribution in [2.75, 3.05) is 0 Å². The zero-order chi connectivity index (χ0) is 7.84. The summed E-state index contributed by atoms with van der Waals surface area (Å²) in [7, 11) is 0. The average molecular weight is 280 g/mol. The molecule has 58 valence electrons. The first-order valence-corrected chi connectivity index (χ1v) is 5.05. The molecule has 0 spiro atoms. The Labute approximate surface area is 84.3 Å². The highest BCUT2D eigenvalue weighted by atomic mass is 127. The van der Waals surface area contributed by atoms with Gasteiger partial charge in [-0.2, -0.15) is 0 Å². The first-order valence-electron chi connectivity index (χ1n) is 3.59. The highest BCUT2D eigenvalue weighted by molar-refractivity contribution is 14.1. The van der Waals surface area contributed by atoms with Gasteiger partial charge in [0.15, 0.2) is 0 Å². The maximum Gasteiger partial charge on any atom is 0.142 e. The van der Waals surface area contributed by atoms with Crippen molar-refractivity contribution < 1.29 is 0 Å². The summed E-state index contributed by atoms with van der Waals surface area (Å²) < 4.78 is 1.04. The van der Waals surface area contributed by atoms with Crippen LogP contribution in [0.2, 0.25) is 5.15 Å². The minimum Gasteiger partial charge on any atom is -0.240 e. The van der Waals surface area contributed by atoms with Gasteiger partial charge in [-0.05, 0) is 47.6 Å². The number of halogens is 2. The average Bonchev–Trinajstić information content (AvgIpc) is 2.77. The number of hydrogen-bond donors (Lipinski definition) is 0. The van der Waals surface area contributed by atoms with E-state index >= 15 is 0 Å². The van der Waals surface area contributed by atoms with Gasteiger partial charge < -0.3 is 0 Å². The van der Waals surface area contributed by atoms with Crippen LogP contribution in [-0.4, -0.2) is 4.98 Å². The van der Waals surface area contributed by atoms with E-state index in [1.807, 2.05) is 6.07 Å². The lowest BCUT2D eigenvalue weighted by molar-refractivity contribution is 1.02. The van der Waals surface area contributed by atoms with E-state index < -0.39 is 0 Å². The summed E-state index contributed by atoms with van der Waals surface area (Å²) in [6.07, 6.45) is 2.56.